The molecular weight excluding hydrogens is 420 g/mol. The summed E-state index contributed by atoms with van der Waals surface area (Å²) in [6, 6.07) is 9.53. The number of fused-ring (bicyclic) bond motifs is 1. The number of carbonyl (C=O) groups is 1. The van der Waals surface area contributed by atoms with Gasteiger partial charge in [-0.05, 0) is 56.5 Å². The Labute approximate surface area is 192 Å². The van der Waals surface area contributed by atoms with Gasteiger partial charge in [0.2, 0.25) is 5.91 Å². The highest BCUT2D eigenvalue weighted by molar-refractivity contribution is 5.95. The maximum Gasteiger partial charge on any atom is 0.226 e. The van der Waals surface area contributed by atoms with Crippen LogP contribution in [0.1, 0.15) is 48.4 Å². The Bertz CT molecular complexity index is 1170. The first-order chi connectivity index (χ1) is 16.1. The number of benzene rings is 1. The smallest absolute Gasteiger partial charge is 0.226 e. The zero-order valence-corrected chi connectivity index (χ0v) is 19.2. The molecule has 1 saturated heterocycles. The van der Waals surface area contributed by atoms with Crippen molar-refractivity contribution in [3.05, 3.63) is 47.2 Å². The fourth-order valence-corrected chi connectivity index (χ4v) is 4.81. The van der Waals surface area contributed by atoms with Gasteiger partial charge in [0, 0.05) is 36.6 Å². The third kappa shape index (κ3) is 3.88. The minimum Gasteiger partial charge on any atom is -0.497 e. The minimum atomic E-state index is -0.215. The largest absolute Gasteiger partial charge is 0.497 e. The number of aryl methyl sites for hydroxylation is 1. The summed E-state index contributed by atoms with van der Waals surface area (Å²) < 4.78 is 12.7. The number of hydrogen-bond donors (Lipinski definition) is 1. The van der Waals surface area contributed by atoms with E-state index in [4.69, 9.17) is 14.6 Å². The van der Waals surface area contributed by atoms with Gasteiger partial charge in [0.15, 0.2) is 11.6 Å². The highest BCUT2D eigenvalue weighted by atomic mass is 16.5. The molecule has 172 valence electrons. The maximum atomic E-state index is 12.8. The minimum absolute atomic E-state index is 0.0866. The lowest BCUT2D eigenvalue weighted by molar-refractivity contribution is -0.116. The molecule has 33 heavy (non-hydrogen) atoms. The molecule has 0 unspecified atom stereocenters. The highest BCUT2D eigenvalue weighted by Crippen LogP contribution is 2.44. The third-order valence-corrected chi connectivity index (χ3v) is 6.45. The molecule has 5 rings (SSSR count). The topological polar surface area (TPSA) is 94.4 Å². The summed E-state index contributed by atoms with van der Waals surface area (Å²) in [4.78, 5) is 15.0. The number of aromatic nitrogens is 4. The van der Waals surface area contributed by atoms with Crippen LogP contribution >= 0.6 is 0 Å². The van der Waals surface area contributed by atoms with Crippen LogP contribution in [0.2, 0.25) is 0 Å². The molecule has 9 nitrogen and oxygen atoms in total. The molecule has 9 heteroatoms. The van der Waals surface area contributed by atoms with Gasteiger partial charge in [-0.15, -0.1) is 10.2 Å². The summed E-state index contributed by atoms with van der Waals surface area (Å²) in [5, 5.41) is 16.6. The number of rotatable bonds is 5. The lowest BCUT2D eigenvalue weighted by Crippen LogP contribution is -2.30. The van der Waals surface area contributed by atoms with Crippen LogP contribution in [0.5, 0.6) is 11.5 Å². The Morgan fingerprint density at radius 3 is 2.45 bits per heavy atom. The number of ether oxygens (including phenoxy) is 2. The molecule has 0 aliphatic carbocycles. The summed E-state index contributed by atoms with van der Waals surface area (Å²) in [6.45, 7) is 3.96. The molecule has 2 aromatic heterocycles. The molecule has 3 aromatic rings. The van der Waals surface area contributed by atoms with E-state index in [1.807, 2.05) is 37.3 Å². The van der Waals surface area contributed by atoms with Gasteiger partial charge in [0.1, 0.15) is 17.3 Å². The van der Waals surface area contributed by atoms with Crippen molar-refractivity contribution >= 4 is 17.5 Å². The zero-order chi connectivity index (χ0) is 22.9. The number of piperidine rings is 1. The fourth-order valence-electron chi connectivity index (χ4n) is 4.81. The molecule has 1 aromatic carbocycles. The Kier molecular flexibility index (Phi) is 5.62. The van der Waals surface area contributed by atoms with Crippen molar-refractivity contribution in [2.24, 2.45) is 0 Å². The number of methoxy groups -OCH3 is 2. The predicted molar refractivity (Wildman–Crippen MR) is 125 cm³/mol. The van der Waals surface area contributed by atoms with Gasteiger partial charge in [-0.1, -0.05) is 0 Å². The van der Waals surface area contributed by atoms with Crippen molar-refractivity contribution < 1.29 is 14.3 Å². The van der Waals surface area contributed by atoms with E-state index in [0.29, 0.717) is 29.6 Å². The van der Waals surface area contributed by atoms with E-state index < -0.39 is 0 Å². The van der Waals surface area contributed by atoms with Crippen LogP contribution in [0.25, 0.3) is 5.82 Å². The highest BCUT2D eigenvalue weighted by Gasteiger charge is 2.34. The summed E-state index contributed by atoms with van der Waals surface area (Å²) in [5.74, 6) is 3.18. The summed E-state index contributed by atoms with van der Waals surface area (Å²) in [5.41, 5.74) is 2.66. The monoisotopic (exact) mass is 448 g/mol. The molecule has 0 bridgehead atoms. The van der Waals surface area contributed by atoms with Crippen molar-refractivity contribution in [1.82, 2.24) is 20.0 Å². The van der Waals surface area contributed by atoms with E-state index in [1.165, 1.54) is 19.3 Å². The Balaban J connectivity index is 1.55. The van der Waals surface area contributed by atoms with Crippen LogP contribution < -0.4 is 19.7 Å². The second-order valence-corrected chi connectivity index (χ2v) is 8.47. The molecule has 1 amide bonds. The lowest BCUT2D eigenvalue weighted by Gasteiger charge is -2.27. The second kappa shape index (κ2) is 8.73. The van der Waals surface area contributed by atoms with Crippen LogP contribution in [0.15, 0.2) is 30.3 Å². The number of anilines is 2. The molecule has 0 spiro atoms. The van der Waals surface area contributed by atoms with Gasteiger partial charge in [-0.2, -0.15) is 9.78 Å². The van der Waals surface area contributed by atoms with Gasteiger partial charge >= 0.3 is 0 Å². The van der Waals surface area contributed by atoms with Crippen molar-refractivity contribution in [2.45, 2.75) is 38.5 Å². The predicted octanol–water partition coefficient (Wildman–Crippen LogP) is 3.45. The Morgan fingerprint density at radius 1 is 1.00 bits per heavy atom. The molecule has 1 N–H and O–H groups in total. The first-order valence-electron chi connectivity index (χ1n) is 11.3. The van der Waals surface area contributed by atoms with E-state index in [1.54, 1.807) is 18.9 Å². The van der Waals surface area contributed by atoms with E-state index >= 15 is 0 Å². The number of nitrogens with one attached hydrogen (secondary N) is 1. The Hall–Kier alpha value is -3.62. The standard InChI is InChI=1S/C24H28N6O3/c1-15-23-18(17-13-16(32-2)7-8-19(17)33-3)14-22(31)25-24(23)30(28-15)21-10-9-20(26-27-21)29-11-5-4-6-12-29/h7-10,13,18H,4-6,11-12,14H2,1-3H3,(H,25,31)/t18-/m1/s1. The molecule has 4 heterocycles. The van der Waals surface area contributed by atoms with E-state index in [-0.39, 0.29) is 11.8 Å². The number of hydrogen-bond acceptors (Lipinski definition) is 7. The fraction of sp³-hybridized carbons (Fsp3) is 0.417. The van der Waals surface area contributed by atoms with Crippen LogP contribution in [0, 0.1) is 6.92 Å². The van der Waals surface area contributed by atoms with E-state index in [0.717, 1.165) is 35.7 Å². The molecule has 1 fully saturated rings. The van der Waals surface area contributed by atoms with Crippen molar-refractivity contribution in [1.29, 1.82) is 0 Å². The average Bonchev–Trinajstić information content (AvgIpc) is 3.19. The zero-order valence-electron chi connectivity index (χ0n) is 19.2. The van der Waals surface area contributed by atoms with Crippen LogP contribution in [-0.4, -0.2) is 53.2 Å². The van der Waals surface area contributed by atoms with Gasteiger partial charge in [0.25, 0.3) is 0 Å². The van der Waals surface area contributed by atoms with Crippen LogP contribution in [0.3, 0.4) is 0 Å². The quantitative estimate of drug-likeness (QED) is 0.639. The number of amides is 1. The molecular formula is C24H28N6O3. The SMILES string of the molecule is COc1ccc(OC)c([C@H]2CC(=O)Nc3c2c(C)nn3-c2ccc(N3CCCCC3)nn2)c1. The first-order valence-corrected chi connectivity index (χ1v) is 11.3. The molecule has 0 radical (unpaired) electrons. The molecule has 2 aliphatic rings. The second-order valence-electron chi connectivity index (χ2n) is 8.47. The van der Waals surface area contributed by atoms with Crippen molar-refractivity contribution in [3.8, 4) is 17.3 Å². The third-order valence-electron chi connectivity index (χ3n) is 6.45. The molecule has 0 saturated carbocycles. The van der Waals surface area contributed by atoms with Gasteiger partial charge in [-0.3, -0.25) is 4.79 Å². The van der Waals surface area contributed by atoms with Crippen molar-refractivity contribution in [2.75, 3.05) is 37.5 Å². The summed E-state index contributed by atoms with van der Waals surface area (Å²) >= 11 is 0. The van der Waals surface area contributed by atoms with E-state index in [9.17, 15) is 4.79 Å². The first kappa shape index (κ1) is 21.2. The molecule has 2 aliphatic heterocycles. The number of nitrogens with zero attached hydrogens (tertiary/aromatic N) is 5. The Morgan fingerprint density at radius 2 is 1.76 bits per heavy atom. The average molecular weight is 449 g/mol. The number of carbonyl (C=O) groups excluding carboxylic acids is 1. The van der Waals surface area contributed by atoms with E-state index in [2.05, 4.69) is 20.4 Å². The van der Waals surface area contributed by atoms with Crippen molar-refractivity contribution in [3.63, 3.8) is 0 Å². The van der Waals surface area contributed by atoms with Gasteiger partial charge in [-0.25, -0.2) is 0 Å². The van der Waals surface area contributed by atoms with Gasteiger partial charge in [0.05, 0.1) is 19.9 Å². The lowest BCUT2D eigenvalue weighted by atomic mass is 9.85. The van der Waals surface area contributed by atoms with Gasteiger partial charge < -0.3 is 19.7 Å². The van der Waals surface area contributed by atoms with Crippen LogP contribution in [-0.2, 0) is 4.79 Å². The summed E-state index contributed by atoms with van der Waals surface area (Å²) in [6.07, 6.45) is 3.91. The summed E-state index contributed by atoms with van der Waals surface area (Å²) in [7, 11) is 3.25. The molecule has 1 atom stereocenters. The maximum absolute atomic E-state index is 12.8. The normalized spacial score (nSPS) is 18.0. The van der Waals surface area contributed by atoms with Crippen LogP contribution in [0.4, 0.5) is 11.6 Å².